The van der Waals surface area contributed by atoms with Gasteiger partial charge >= 0.3 is 0 Å². The summed E-state index contributed by atoms with van der Waals surface area (Å²) in [6.45, 7) is 5.57. The zero-order valence-corrected chi connectivity index (χ0v) is 11.4. The predicted octanol–water partition coefficient (Wildman–Crippen LogP) is 3.20. The Bertz CT molecular complexity index is 339. The van der Waals surface area contributed by atoms with Crippen molar-refractivity contribution in [2.45, 2.75) is 45.4 Å². The Hall–Kier alpha value is -0.410. The lowest BCUT2D eigenvalue weighted by molar-refractivity contribution is 0.133. The summed E-state index contributed by atoms with van der Waals surface area (Å²) in [5.74, 6) is 0.562. The van der Waals surface area contributed by atoms with Gasteiger partial charge in [-0.3, -0.25) is 0 Å². The van der Waals surface area contributed by atoms with Crippen LogP contribution in [0.3, 0.4) is 0 Å². The molecule has 0 unspecified atom stereocenters. The van der Waals surface area contributed by atoms with E-state index in [2.05, 4.69) is 31.6 Å². The third-order valence-corrected chi connectivity index (χ3v) is 4.52. The molecule has 16 heavy (non-hydrogen) atoms. The van der Waals surface area contributed by atoms with Gasteiger partial charge in [0.2, 0.25) is 0 Å². The van der Waals surface area contributed by atoms with Crippen LogP contribution in [0.25, 0.3) is 0 Å². The van der Waals surface area contributed by atoms with Crippen molar-refractivity contribution in [2.24, 2.45) is 5.41 Å². The highest BCUT2D eigenvalue weighted by Gasteiger charge is 2.37. The Morgan fingerprint density at radius 1 is 1.50 bits per heavy atom. The Kier molecular flexibility index (Phi) is 3.65. The van der Waals surface area contributed by atoms with Crippen LogP contribution < -0.4 is 5.32 Å². The highest BCUT2D eigenvalue weighted by Crippen LogP contribution is 2.43. The second kappa shape index (κ2) is 4.84. The van der Waals surface area contributed by atoms with Gasteiger partial charge in [0.1, 0.15) is 0 Å². The first-order chi connectivity index (χ1) is 7.65. The van der Waals surface area contributed by atoms with E-state index in [0.29, 0.717) is 11.3 Å². The van der Waals surface area contributed by atoms with Gasteiger partial charge in [0.15, 0.2) is 0 Å². The molecule has 1 aromatic heterocycles. The molecule has 2 rings (SSSR count). The van der Waals surface area contributed by atoms with Gasteiger partial charge in [-0.15, -0.1) is 11.3 Å². The molecule has 2 nitrogen and oxygen atoms in total. The number of rotatable bonds is 5. The van der Waals surface area contributed by atoms with Crippen LogP contribution in [0.4, 0.5) is 0 Å². The second-order valence-electron chi connectivity index (χ2n) is 5.38. The lowest BCUT2D eigenvalue weighted by Crippen LogP contribution is -2.40. The summed E-state index contributed by atoms with van der Waals surface area (Å²) in [6.07, 6.45) is 5.30. The monoisotopic (exact) mass is 238 g/mol. The molecular formula is C13H22N2S. The molecule has 0 amide bonds. The molecule has 1 aliphatic rings. The zero-order chi connectivity index (χ0) is 11.6. The molecule has 90 valence electrons. The maximum absolute atomic E-state index is 4.75. The first kappa shape index (κ1) is 12.1. The molecule has 3 heteroatoms. The zero-order valence-electron chi connectivity index (χ0n) is 10.5. The Labute approximate surface area is 102 Å². The summed E-state index contributed by atoms with van der Waals surface area (Å²) < 4.78 is 0. The smallest absolute Gasteiger partial charge is 0.0934 e. The third kappa shape index (κ3) is 2.46. The standard InChI is InChI=1S/C13H22N2S/c1-10(2)11-8-16-12(15-11)7-13(9-14-3)5-4-6-13/h8,10,14H,4-7,9H2,1-3H3. The first-order valence-corrected chi connectivity index (χ1v) is 7.12. The van der Waals surface area contributed by atoms with Gasteiger partial charge in [-0.2, -0.15) is 0 Å². The quantitative estimate of drug-likeness (QED) is 0.852. The molecular weight excluding hydrogens is 216 g/mol. The fourth-order valence-corrected chi connectivity index (χ4v) is 3.59. The summed E-state index contributed by atoms with van der Waals surface area (Å²) in [5, 5.41) is 6.90. The van der Waals surface area contributed by atoms with Crippen molar-refractivity contribution < 1.29 is 0 Å². The minimum Gasteiger partial charge on any atom is -0.319 e. The summed E-state index contributed by atoms with van der Waals surface area (Å²) in [5.41, 5.74) is 1.78. The van der Waals surface area contributed by atoms with E-state index in [-0.39, 0.29) is 0 Å². The van der Waals surface area contributed by atoms with E-state index in [4.69, 9.17) is 4.98 Å². The number of thiazole rings is 1. The molecule has 1 fully saturated rings. The lowest BCUT2D eigenvalue weighted by Gasteiger charge is -2.41. The minimum atomic E-state index is 0.515. The minimum absolute atomic E-state index is 0.515. The van der Waals surface area contributed by atoms with Crippen molar-refractivity contribution in [1.29, 1.82) is 0 Å². The first-order valence-electron chi connectivity index (χ1n) is 6.24. The predicted molar refractivity (Wildman–Crippen MR) is 70.1 cm³/mol. The highest BCUT2D eigenvalue weighted by atomic mass is 32.1. The number of hydrogen-bond donors (Lipinski definition) is 1. The van der Waals surface area contributed by atoms with Crippen molar-refractivity contribution in [3.63, 3.8) is 0 Å². The molecule has 1 heterocycles. The SMILES string of the molecule is CNCC1(Cc2nc(C(C)C)cs2)CCC1. The molecule has 1 saturated carbocycles. The molecule has 0 saturated heterocycles. The van der Waals surface area contributed by atoms with E-state index < -0.39 is 0 Å². The average molecular weight is 238 g/mol. The van der Waals surface area contributed by atoms with Crippen LogP contribution in [0.2, 0.25) is 0 Å². The van der Waals surface area contributed by atoms with Crippen LogP contribution in [-0.2, 0) is 6.42 Å². The molecule has 1 aliphatic carbocycles. The van der Waals surface area contributed by atoms with Gasteiger partial charge in [0.25, 0.3) is 0 Å². The van der Waals surface area contributed by atoms with Crippen LogP contribution in [0.5, 0.6) is 0 Å². The largest absolute Gasteiger partial charge is 0.319 e. The van der Waals surface area contributed by atoms with Crippen molar-refractivity contribution in [3.05, 3.63) is 16.1 Å². The van der Waals surface area contributed by atoms with Gasteiger partial charge in [-0.05, 0) is 31.2 Å². The van der Waals surface area contributed by atoms with E-state index in [9.17, 15) is 0 Å². The molecule has 0 bridgehead atoms. The van der Waals surface area contributed by atoms with Crippen LogP contribution in [-0.4, -0.2) is 18.6 Å². The van der Waals surface area contributed by atoms with Crippen molar-refractivity contribution in [2.75, 3.05) is 13.6 Å². The maximum atomic E-state index is 4.75. The highest BCUT2D eigenvalue weighted by molar-refractivity contribution is 7.09. The molecule has 0 atom stereocenters. The maximum Gasteiger partial charge on any atom is 0.0934 e. The molecule has 1 aromatic rings. The number of aromatic nitrogens is 1. The van der Waals surface area contributed by atoms with Gasteiger partial charge < -0.3 is 5.32 Å². The summed E-state index contributed by atoms with van der Waals surface area (Å²) in [4.78, 5) is 4.75. The molecule has 0 aliphatic heterocycles. The van der Waals surface area contributed by atoms with Gasteiger partial charge in [0, 0.05) is 18.3 Å². The molecule has 0 radical (unpaired) electrons. The summed E-state index contributed by atoms with van der Waals surface area (Å²) in [6, 6.07) is 0. The average Bonchev–Trinajstić information content (AvgIpc) is 2.63. The molecule has 0 spiro atoms. The molecule has 1 N–H and O–H groups in total. The number of nitrogens with one attached hydrogen (secondary N) is 1. The normalized spacial score (nSPS) is 18.8. The fraction of sp³-hybridized carbons (Fsp3) is 0.769. The van der Waals surface area contributed by atoms with E-state index in [1.54, 1.807) is 0 Å². The van der Waals surface area contributed by atoms with E-state index in [0.717, 1.165) is 6.54 Å². The van der Waals surface area contributed by atoms with Crippen LogP contribution >= 0.6 is 11.3 Å². The van der Waals surface area contributed by atoms with Crippen LogP contribution in [0, 0.1) is 5.41 Å². The van der Waals surface area contributed by atoms with Gasteiger partial charge in [0.05, 0.1) is 10.7 Å². The van der Waals surface area contributed by atoms with Crippen LogP contribution in [0.1, 0.15) is 49.7 Å². The van der Waals surface area contributed by atoms with Crippen LogP contribution in [0.15, 0.2) is 5.38 Å². The van der Waals surface area contributed by atoms with E-state index >= 15 is 0 Å². The Balaban J connectivity index is 2.01. The fourth-order valence-electron chi connectivity index (χ4n) is 2.46. The topological polar surface area (TPSA) is 24.9 Å². The third-order valence-electron chi connectivity index (χ3n) is 3.65. The van der Waals surface area contributed by atoms with Crippen molar-refractivity contribution in [3.8, 4) is 0 Å². The number of hydrogen-bond acceptors (Lipinski definition) is 3. The lowest BCUT2D eigenvalue weighted by atomic mass is 9.67. The second-order valence-corrected chi connectivity index (χ2v) is 6.32. The van der Waals surface area contributed by atoms with Crippen molar-refractivity contribution in [1.82, 2.24) is 10.3 Å². The van der Waals surface area contributed by atoms with E-state index in [1.807, 2.05) is 11.3 Å². The Morgan fingerprint density at radius 3 is 2.69 bits per heavy atom. The van der Waals surface area contributed by atoms with Gasteiger partial charge in [-0.1, -0.05) is 20.3 Å². The van der Waals surface area contributed by atoms with Gasteiger partial charge in [-0.25, -0.2) is 4.98 Å². The Morgan fingerprint density at radius 2 is 2.25 bits per heavy atom. The summed E-state index contributed by atoms with van der Waals surface area (Å²) in [7, 11) is 2.06. The molecule has 0 aromatic carbocycles. The summed E-state index contributed by atoms with van der Waals surface area (Å²) >= 11 is 1.84. The van der Waals surface area contributed by atoms with Crippen molar-refractivity contribution >= 4 is 11.3 Å². The number of nitrogens with zero attached hydrogens (tertiary/aromatic N) is 1. The van der Waals surface area contributed by atoms with E-state index in [1.165, 1.54) is 36.4 Å².